The highest BCUT2D eigenvalue weighted by atomic mass is 79.9. The maximum absolute atomic E-state index is 11.7. The molecule has 1 rings (SSSR count). The molecule has 0 spiro atoms. The predicted octanol–water partition coefficient (Wildman–Crippen LogP) is 3.11. The van der Waals surface area contributed by atoms with Gasteiger partial charge in [-0.05, 0) is 24.2 Å². The van der Waals surface area contributed by atoms with E-state index in [1.807, 2.05) is 38.1 Å². The van der Waals surface area contributed by atoms with Gasteiger partial charge in [-0.1, -0.05) is 41.9 Å². The molecule has 2 nitrogen and oxygen atoms in total. The average molecular weight is 284 g/mol. The first-order chi connectivity index (χ1) is 7.54. The van der Waals surface area contributed by atoms with E-state index in [0.29, 0.717) is 13.0 Å². The number of hydrogen-bond acceptors (Lipinski definition) is 2. The van der Waals surface area contributed by atoms with Crippen molar-refractivity contribution >= 4 is 21.7 Å². The van der Waals surface area contributed by atoms with Gasteiger partial charge in [0.2, 0.25) is 0 Å². The Morgan fingerprint density at radius 1 is 1.44 bits per heavy atom. The first kappa shape index (κ1) is 13.4. The molecule has 0 aromatic heterocycles. The summed E-state index contributed by atoms with van der Waals surface area (Å²) >= 11 is 3.43. The maximum atomic E-state index is 11.7. The van der Waals surface area contributed by atoms with Gasteiger partial charge in [-0.3, -0.25) is 4.79 Å². The second kappa shape index (κ2) is 6.16. The van der Waals surface area contributed by atoms with Crippen LogP contribution in [0.25, 0.3) is 0 Å². The monoisotopic (exact) mass is 283 g/mol. The fraction of sp³-hybridized carbons (Fsp3) is 0.462. The Labute approximate surface area is 105 Å². The van der Waals surface area contributed by atoms with Crippen LogP contribution < -0.4 is 5.73 Å². The SMILES string of the molecule is CC(C)C(=O)C[C@@H](CN)c1cccc(Br)c1. The maximum Gasteiger partial charge on any atom is 0.136 e. The average Bonchev–Trinajstić information content (AvgIpc) is 2.25. The fourth-order valence-electron chi connectivity index (χ4n) is 1.58. The molecule has 1 aromatic rings. The quantitative estimate of drug-likeness (QED) is 0.902. The highest BCUT2D eigenvalue weighted by molar-refractivity contribution is 9.10. The summed E-state index contributed by atoms with van der Waals surface area (Å²) in [5.41, 5.74) is 6.87. The van der Waals surface area contributed by atoms with Crippen molar-refractivity contribution in [2.75, 3.05) is 6.54 Å². The number of Topliss-reactive ketones (excluding diaryl/α,β-unsaturated/α-hetero) is 1. The normalized spacial score (nSPS) is 12.8. The third-order valence-electron chi connectivity index (χ3n) is 2.70. The molecule has 0 unspecified atom stereocenters. The Balaban J connectivity index is 2.78. The lowest BCUT2D eigenvalue weighted by atomic mass is 9.90. The molecule has 0 aliphatic heterocycles. The Bertz CT molecular complexity index is 363. The molecule has 16 heavy (non-hydrogen) atoms. The van der Waals surface area contributed by atoms with E-state index in [9.17, 15) is 4.79 Å². The minimum Gasteiger partial charge on any atom is -0.330 e. The number of hydrogen-bond donors (Lipinski definition) is 1. The van der Waals surface area contributed by atoms with Crippen LogP contribution in [0.15, 0.2) is 28.7 Å². The van der Waals surface area contributed by atoms with Crippen molar-refractivity contribution in [1.29, 1.82) is 0 Å². The van der Waals surface area contributed by atoms with Crippen molar-refractivity contribution in [2.24, 2.45) is 11.7 Å². The molecule has 0 saturated carbocycles. The first-order valence-electron chi connectivity index (χ1n) is 5.52. The summed E-state index contributed by atoms with van der Waals surface area (Å²) in [5, 5.41) is 0. The third kappa shape index (κ3) is 3.72. The standard InChI is InChI=1S/C13H18BrNO/c1-9(2)13(16)7-11(8-15)10-4-3-5-12(14)6-10/h3-6,9,11H,7-8,15H2,1-2H3/t11-/m0/s1. The highest BCUT2D eigenvalue weighted by Crippen LogP contribution is 2.23. The van der Waals surface area contributed by atoms with Crippen molar-refractivity contribution < 1.29 is 4.79 Å². The van der Waals surface area contributed by atoms with Crippen LogP contribution in [0.1, 0.15) is 31.7 Å². The van der Waals surface area contributed by atoms with Crippen LogP contribution in [-0.2, 0) is 4.79 Å². The summed E-state index contributed by atoms with van der Waals surface area (Å²) in [7, 11) is 0. The molecule has 2 N–H and O–H groups in total. The fourth-order valence-corrected chi connectivity index (χ4v) is 1.99. The van der Waals surface area contributed by atoms with E-state index >= 15 is 0 Å². The van der Waals surface area contributed by atoms with Gasteiger partial charge in [-0.25, -0.2) is 0 Å². The van der Waals surface area contributed by atoms with Gasteiger partial charge in [0.25, 0.3) is 0 Å². The molecule has 1 atom stereocenters. The summed E-state index contributed by atoms with van der Waals surface area (Å²) in [6.45, 7) is 4.36. The Morgan fingerprint density at radius 3 is 2.62 bits per heavy atom. The molecule has 0 bridgehead atoms. The molecule has 0 heterocycles. The number of nitrogens with two attached hydrogens (primary N) is 1. The highest BCUT2D eigenvalue weighted by Gasteiger charge is 2.16. The lowest BCUT2D eigenvalue weighted by Gasteiger charge is -2.16. The zero-order valence-corrected chi connectivity index (χ0v) is 11.3. The second-order valence-electron chi connectivity index (χ2n) is 4.31. The molecule has 0 aliphatic rings. The van der Waals surface area contributed by atoms with Gasteiger partial charge in [0, 0.05) is 22.7 Å². The molecular formula is C13H18BrNO. The minimum atomic E-state index is 0.0844. The topological polar surface area (TPSA) is 43.1 Å². The van der Waals surface area contributed by atoms with Crippen LogP contribution in [-0.4, -0.2) is 12.3 Å². The summed E-state index contributed by atoms with van der Waals surface area (Å²) in [4.78, 5) is 11.7. The molecule has 1 aromatic carbocycles. The summed E-state index contributed by atoms with van der Waals surface area (Å²) < 4.78 is 1.03. The largest absolute Gasteiger partial charge is 0.330 e. The van der Waals surface area contributed by atoms with E-state index in [-0.39, 0.29) is 17.6 Å². The van der Waals surface area contributed by atoms with Gasteiger partial charge in [-0.15, -0.1) is 0 Å². The number of carbonyl (C=O) groups excluding carboxylic acids is 1. The van der Waals surface area contributed by atoms with Crippen molar-refractivity contribution in [3.8, 4) is 0 Å². The van der Waals surface area contributed by atoms with Gasteiger partial charge in [0.1, 0.15) is 5.78 Å². The van der Waals surface area contributed by atoms with E-state index in [1.54, 1.807) is 0 Å². The van der Waals surface area contributed by atoms with Gasteiger partial charge in [0.15, 0.2) is 0 Å². The lowest BCUT2D eigenvalue weighted by molar-refractivity contribution is -0.122. The number of rotatable bonds is 5. The molecule has 88 valence electrons. The predicted molar refractivity (Wildman–Crippen MR) is 70.4 cm³/mol. The van der Waals surface area contributed by atoms with Crippen molar-refractivity contribution in [1.82, 2.24) is 0 Å². The smallest absolute Gasteiger partial charge is 0.136 e. The van der Waals surface area contributed by atoms with E-state index < -0.39 is 0 Å². The summed E-state index contributed by atoms with van der Waals surface area (Å²) in [6, 6.07) is 8.00. The summed E-state index contributed by atoms with van der Waals surface area (Å²) in [6.07, 6.45) is 0.532. The Morgan fingerprint density at radius 2 is 2.12 bits per heavy atom. The van der Waals surface area contributed by atoms with E-state index in [0.717, 1.165) is 10.0 Å². The lowest BCUT2D eigenvalue weighted by Crippen LogP contribution is -2.19. The molecule has 0 fully saturated rings. The van der Waals surface area contributed by atoms with Gasteiger partial charge in [0.05, 0.1) is 0 Å². The number of ketones is 1. The molecule has 3 heteroatoms. The van der Waals surface area contributed by atoms with Crippen LogP contribution in [0.3, 0.4) is 0 Å². The van der Waals surface area contributed by atoms with Crippen molar-refractivity contribution in [3.63, 3.8) is 0 Å². The Hall–Kier alpha value is -0.670. The second-order valence-corrected chi connectivity index (χ2v) is 5.23. The summed E-state index contributed by atoms with van der Waals surface area (Å²) in [5.74, 6) is 0.490. The van der Waals surface area contributed by atoms with Crippen molar-refractivity contribution in [3.05, 3.63) is 34.3 Å². The van der Waals surface area contributed by atoms with Gasteiger partial charge >= 0.3 is 0 Å². The van der Waals surface area contributed by atoms with Crippen molar-refractivity contribution in [2.45, 2.75) is 26.2 Å². The van der Waals surface area contributed by atoms with Crippen LogP contribution in [0.2, 0.25) is 0 Å². The van der Waals surface area contributed by atoms with Crippen LogP contribution in [0.5, 0.6) is 0 Å². The zero-order valence-electron chi connectivity index (χ0n) is 9.74. The molecule has 0 saturated heterocycles. The third-order valence-corrected chi connectivity index (χ3v) is 3.19. The Kier molecular flexibility index (Phi) is 5.16. The number of halogens is 1. The van der Waals surface area contributed by atoms with Crippen LogP contribution in [0, 0.1) is 5.92 Å². The number of benzene rings is 1. The first-order valence-corrected chi connectivity index (χ1v) is 6.32. The minimum absolute atomic E-state index is 0.0844. The van der Waals surface area contributed by atoms with Crippen LogP contribution in [0.4, 0.5) is 0 Å². The molecular weight excluding hydrogens is 266 g/mol. The molecule has 0 amide bonds. The van der Waals surface area contributed by atoms with Gasteiger partial charge < -0.3 is 5.73 Å². The van der Waals surface area contributed by atoms with Crippen LogP contribution >= 0.6 is 15.9 Å². The van der Waals surface area contributed by atoms with E-state index in [1.165, 1.54) is 0 Å². The van der Waals surface area contributed by atoms with E-state index in [4.69, 9.17) is 5.73 Å². The molecule has 0 aliphatic carbocycles. The van der Waals surface area contributed by atoms with E-state index in [2.05, 4.69) is 15.9 Å². The number of carbonyl (C=O) groups is 1. The van der Waals surface area contributed by atoms with Gasteiger partial charge in [-0.2, -0.15) is 0 Å². The molecule has 0 radical (unpaired) electrons. The zero-order chi connectivity index (χ0) is 12.1.